The zero-order valence-electron chi connectivity index (χ0n) is 20.5. The van der Waals surface area contributed by atoms with Gasteiger partial charge in [0.2, 0.25) is 0 Å². The first-order valence-electron chi connectivity index (χ1n) is 11.6. The molecule has 1 N–H and O–H groups in total. The number of hydrogen-bond acceptors (Lipinski definition) is 6. The smallest absolute Gasteiger partial charge is 0.338 e. The average Bonchev–Trinajstić information content (AvgIpc) is 2.88. The number of nitrogens with one attached hydrogen (secondary N) is 1. The van der Waals surface area contributed by atoms with E-state index in [1.165, 1.54) is 11.6 Å². The summed E-state index contributed by atoms with van der Waals surface area (Å²) >= 11 is 0. The predicted octanol–water partition coefficient (Wildman–Crippen LogP) is 5.70. The number of hydrogen-bond donors (Lipinski definition) is 1. The molecule has 0 aliphatic carbocycles. The molecule has 0 heterocycles. The number of nitrogens with zero attached hydrogens (tertiary/aromatic N) is 1. The number of amides is 1. The minimum absolute atomic E-state index is 0.0831. The van der Waals surface area contributed by atoms with E-state index in [0.717, 1.165) is 5.56 Å². The lowest BCUT2D eigenvalue weighted by molar-refractivity contribution is -0.112. The van der Waals surface area contributed by atoms with Gasteiger partial charge in [0.25, 0.3) is 5.91 Å². The van der Waals surface area contributed by atoms with E-state index in [2.05, 4.69) is 5.32 Å². The van der Waals surface area contributed by atoms with Gasteiger partial charge in [0, 0.05) is 5.69 Å². The fourth-order valence-electron chi connectivity index (χ4n) is 3.27. The molecule has 184 valence electrons. The van der Waals surface area contributed by atoms with Crippen molar-refractivity contribution in [2.75, 3.05) is 18.5 Å². The number of esters is 1. The van der Waals surface area contributed by atoms with E-state index in [4.69, 9.17) is 14.2 Å². The van der Waals surface area contributed by atoms with Crippen molar-refractivity contribution in [3.05, 3.63) is 94.6 Å². The maximum atomic E-state index is 12.7. The molecule has 7 heteroatoms. The number of nitriles is 1. The third-order valence-corrected chi connectivity index (χ3v) is 5.11. The Kier molecular flexibility index (Phi) is 9.24. The highest BCUT2D eigenvalue weighted by atomic mass is 16.5. The Bertz CT molecular complexity index is 1270. The van der Waals surface area contributed by atoms with Crippen LogP contribution in [-0.4, -0.2) is 25.1 Å². The number of aryl methyl sites for hydroxylation is 1. The summed E-state index contributed by atoms with van der Waals surface area (Å²) in [7, 11) is 0. The molecule has 0 fully saturated rings. The summed E-state index contributed by atoms with van der Waals surface area (Å²) in [6.07, 6.45) is 1.48. The Labute approximate surface area is 210 Å². The van der Waals surface area contributed by atoms with Crippen LogP contribution in [0.4, 0.5) is 5.69 Å². The van der Waals surface area contributed by atoms with Crippen molar-refractivity contribution in [3.8, 4) is 17.6 Å². The first-order chi connectivity index (χ1) is 17.4. The van der Waals surface area contributed by atoms with Gasteiger partial charge in [0.15, 0.2) is 11.5 Å². The van der Waals surface area contributed by atoms with Gasteiger partial charge in [-0.3, -0.25) is 4.79 Å². The van der Waals surface area contributed by atoms with Gasteiger partial charge in [0.1, 0.15) is 18.2 Å². The van der Waals surface area contributed by atoms with Crippen LogP contribution in [0.25, 0.3) is 6.08 Å². The van der Waals surface area contributed by atoms with Crippen LogP contribution in [0.15, 0.2) is 72.3 Å². The molecular weight excluding hydrogens is 456 g/mol. The molecule has 0 spiro atoms. The van der Waals surface area contributed by atoms with Crippen LogP contribution >= 0.6 is 0 Å². The Morgan fingerprint density at radius 1 is 0.917 bits per heavy atom. The van der Waals surface area contributed by atoms with Crippen LogP contribution in [0.3, 0.4) is 0 Å². The van der Waals surface area contributed by atoms with Crippen LogP contribution in [0.1, 0.15) is 40.9 Å². The third kappa shape index (κ3) is 7.21. The van der Waals surface area contributed by atoms with E-state index >= 15 is 0 Å². The van der Waals surface area contributed by atoms with Gasteiger partial charge in [-0.15, -0.1) is 0 Å². The summed E-state index contributed by atoms with van der Waals surface area (Å²) in [6, 6.07) is 21.5. The highest BCUT2D eigenvalue weighted by Gasteiger charge is 2.13. The summed E-state index contributed by atoms with van der Waals surface area (Å²) in [5, 5.41) is 12.2. The van der Waals surface area contributed by atoms with Crippen LogP contribution in [0, 0.1) is 18.3 Å². The van der Waals surface area contributed by atoms with Crippen molar-refractivity contribution in [2.45, 2.75) is 27.4 Å². The number of carbonyl (C=O) groups excluding carboxylic acids is 2. The minimum atomic E-state index is -0.570. The minimum Gasteiger partial charge on any atom is -0.490 e. The van der Waals surface area contributed by atoms with Gasteiger partial charge >= 0.3 is 5.97 Å². The summed E-state index contributed by atoms with van der Waals surface area (Å²) in [5.41, 5.74) is 3.57. The molecule has 0 unspecified atom stereocenters. The van der Waals surface area contributed by atoms with E-state index < -0.39 is 11.9 Å². The maximum Gasteiger partial charge on any atom is 0.338 e. The molecule has 0 radical (unpaired) electrons. The summed E-state index contributed by atoms with van der Waals surface area (Å²) in [4.78, 5) is 24.5. The SMILES string of the molecule is CCOC(=O)c1ccc(NC(=O)/C(C#N)=C/c2ccc(OCc3ccc(C)cc3)c(OCC)c2)cc1. The molecule has 7 nitrogen and oxygen atoms in total. The molecule has 1 amide bonds. The normalized spacial score (nSPS) is 10.8. The topological polar surface area (TPSA) is 97.7 Å². The fourth-order valence-corrected chi connectivity index (χ4v) is 3.27. The van der Waals surface area contributed by atoms with Gasteiger partial charge in [0.05, 0.1) is 18.8 Å². The van der Waals surface area contributed by atoms with Gasteiger partial charge in [-0.25, -0.2) is 4.79 Å². The second-order valence-corrected chi connectivity index (χ2v) is 7.84. The van der Waals surface area contributed by atoms with Crippen LogP contribution in [0.5, 0.6) is 11.5 Å². The van der Waals surface area contributed by atoms with E-state index in [9.17, 15) is 14.9 Å². The standard InChI is InChI=1S/C29H28N2O5/c1-4-34-27-17-22(10-15-26(27)36-19-21-8-6-20(3)7-9-21)16-24(18-30)28(32)31-25-13-11-23(12-14-25)29(33)35-5-2/h6-17H,4-5,19H2,1-3H3,(H,31,32)/b24-16+. The van der Waals surface area contributed by atoms with E-state index in [-0.39, 0.29) is 12.2 Å². The lowest BCUT2D eigenvalue weighted by atomic mass is 10.1. The van der Waals surface area contributed by atoms with Crippen LogP contribution in [0.2, 0.25) is 0 Å². The number of anilines is 1. The molecule has 0 saturated carbocycles. The largest absolute Gasteiger partial charge is 0.490 e. The molecule has 36 heavy (non-hydrogen) atoms. The van der Waals surface area contributed by atoms with E-state index in [1.807, 2.05) is 44.2 Å². The first kappa shape index (κ1) is 26.0. The monoisotopic (exact) mass is 484 g/mol. The predicted molar refractivity (Wildman–Crippen MR) is 138 cm³/mol. The Morgan fingerprint density at radius 2 is 1.64 bits per heavy atom. The zero-order valence-corrected chi connectivity index (χ0v) is 20.5. The van der Waals surface area contributed by atoms with Crippen molar-refractivity contribution >= 4 is 23.6 Å². The second kappa shape index (κ2) is 12.8. The number of benzene rings is 3. The lowest BCUT2D eigenvalue weighted by Gasteiger charge is -2.13. The average molecular weight is 485 g/mol. The highest BCUT2D eigenvalue weighted by molar-refractivity contribution is 6.09. The van der Waals surface area contributed by atoms with Crippen LogP contribution in [-0.2, 0) is 16.1 Å². The first-order valence-corrected chi connectivity index (χ1v) is 11.6. The molecule has 0 aliphatic rings. The van der Waals surface area contributed by atoms with Crippen LogP contribution < -0.4 is 14.8 Å². The maximum absolute atomic E-state index is 12.7. The molecule has 0 aromatic heterocycles. The molecule has 3 aromatic carbocycles. The Hall–Kier alpha value is -4.57. The second-order valence-electron chi connectivity index (χ2n) is 7.84. The highest BCUT2D eigenvalue weighted by Crippen LogP contribution is 2.30. The summed E-state index contributed by atoms with van der Waals surface area (Å²) in [5.74, 6) is 0.0771. The molecule has 0 bridgehead atoms. The van der Waals surface area contributed by atoms with Gasteiger partial charge in [-0.1, -0.05) is 35.9 Å². The molecule has 0 saturated heterocycles. The number of ether oxygens (including phenoxy) is 3. The quantitative estimate of drug-likeness (QED) is 0.225. The molecule has 3 aromatic rings. The van der Waals surface area contributed by atoms with Crippen molar-refractivity contribution in [3.63, 3.8) is 0 Å². The van der Waals surface area contributed by atoms with Gasteiger partial charge < -0.3 is 19.5 Å². The van der Waals surface area contributed by atoms with E-state index in [0.29, 0.717) is 41.5 Å². The fraction of sp³-hybridized carbons (Fsp3) is 0.207. The van der Waals surface area contributed by atoms with Crippen molar-refractivity contribution in [1.82, 2.24) is 0 Å². The Balaban J connectivity index is 1.72. The molecular formula is C29H28N2O5. The zero-order chi connectivity index (χ0) is 25.9. The Morgan fingerprint density at radius 3 is 2.28 bits per heavy atom. The third-order valence-electron chi connectivity index (χ3n) is 5.11. The number of rotatable bonds is 10. The number of carbonyl (C=O) groups is 2. The summed E-state index contributed by atoms with van der Waals surface area (Å²) < 4.78 is 16.6. The summed E-state index contributed by atoms with van der Waals surface area (Å²) in [6.45, 7) is 6.72. The van der Waals surface area contributed by atoms with Crippen molar-refractivity contribution in [2.24, 2.45) is 0 Å². The van der Waals surface area contributed by atoms with E-state index in [1.54, 1.807) is 49.4 Å². The molecule has 0 aliphatic heterocycles. The van der Waals surface area contributed by atoms with Crippen molar-refractivity contribution in [1.29, 1.82) is 5.26 Å². The molecule has 0 atom stereocenters. The van der Waals surface area contributed by atoms with Crippen molar-refractivity contribution < 1.29 is 23.8 Å². The lowest BCUT2D eigenvalue weighted by Crippen LogP contribution is -2.13. The van der Waals surface area contributed by atoms with Gasteiger partial charge in [-0.2, -0.15) is 5.26 Å². The van der Waals surface area contributed by atoms with Gasteiger partial charge in [-0.05, 0) is 74.4 Å². The molecule has 3 rings (SSSR count).